The third-order valence-corrected chi connectivity index (χ3v) is 9.21. The molecule has 0 bridgehead atoms. The molecule has 0 saturated heterocycles. The molecule has 1 aromatic heterocycles. The molecule has 260 valence electrons. The smallest absolute Gasteiger partial charge is 0.256 e. The van der Waals surface area contributed by atoms with E-state index in [1.807, 2.05) is 0 Å². The Labute approximate surface area is 280 Å². The maximum atomic E-state index is 12.3. The van der Waals surface area contributed by atoms with Crippen molar-refractivity contribution in [2.75, 3.05) is 6.54 Å². The Morgan fingerprint density at radius 2 is 1.04 bits per heavy atom. The lowest BCUT2D eigenvalue weighted by atomic mass is 10.1. The van der Waals surface area contributed by atoms with Crippen LogP contribution in [0.2, 0.25) is 0 Å². The first-order valence-corrected chi connectivity index (χ1v) is 19.8. The largest absolute Gasteiger partial charge is 0.352 e. The van der Waals surface area contributed by atoms with E-state index in [1.54, 1.807) is 0 Å². The van der Waals surface area contributed by atoms with Crippen molar-refractivity contribution in [2.24, 2.45) is 7.05 Å². The molecule has 1 rings (SSSR count). The summed E-state index contributed by atoms with van der Waals surface area (Å²) in [6, 6.07) is 0. The highest BCUT2D eigenvalue weighted by Crippen LogP contribution is 2.12. The maximum Gasteiger partial charge on any atom is 0.256 e. The molecule has 0 aliphatic rings. The molecule has 0 atom stereocenters. The SMILES string of the molecule is CCCCCCCC/C=C/CCCCCCCC(=O)NCCn1cc[n+](C)c1CCCCCC/C=C/CCCCCCCCC. The van der Waals surface area contributed by atoms with Crippen LogP contribution in [0.4, 0.5) is 0 Å². The lowest BCUT2D eigenvalue weighted by molar-refractivity contribution is -0.678. The van der Waals surface area contributed by atoms with E-state index in [0.717, 1.165) is 25.9 Å². The molecule has 0 aromatic carbocycles. The zero-order valence-corrected chi connectivity index (χ0v) is 30.5. The quantitative estimate of drug-likeness (QED) is 0.0470. The Kier molecular flexibility index (Phi) is 29.4. The highest BCUT2D eigenvalue weighted by Gasteiger charge is 2.14. The molecule has 0 aliphatic carbocycles. The van der Waals surface area contributed by atoms with Gasteiger partial charge in [-0.15, -0.1) is 0 Å². The molecule has 0 unspecified atom stereocenters. The van der Waals surface area contributed by atoms with Crippen molar-refractivity contribution in [1.82, 2.24) is 9.88 Å². The Morgan fingerprint density at radius 3 is 1.53 bits per heavy atom. The first-order chi connectivity index (χ1) is 22.2. The molecule has 1 N–H and O–H groups in total. The van der Waals surface area contributed by atoms with Gasteiger partial charge in [-0.1, -0.05) is 141 Å². The molecular formula is C41H76N3O+. The molecule has 0 saturated carbocycles. The number of carbonyl (C=O) groups excluding carboxylic acids is 1. The Hall–Kier alpha value is -1.84. The van der Waals surface area contributed by atoms with E-state index in [4.69, 9.17) is 0 Å². The Bertz CT molecular complexity index is 840. The second kappa shape index (κ2) is 32.1. The van der Waals surface area contributed by atoms with Gasteiger partial charge in [0, 0.05) is 12.8 Å². The lowest BCUT2D eigenvalue weighted by Crippen LogP contribution is -2.33. The summed E-state index contributed by atoms with van der Waals surface area (Å²) in [5, 5.41) is 3.15. The van der Waals surface area contributed by atoms with E-state index in [9.17, 15) is 4.79 Å². The second-order valence-electron chi connectivity index (χ2n) is 13.5. The van der Waals surface area contributed by atoms with Crippen LogP contribution in [0.3, 0.4) is 0 Å². The Morgan fingerprint density at radius 1 is 0.622 bits per heavy atom. The molecule has 4 nitrogen and oxygen atoms in total. The third-order valence-electron chi connectivity index (χ3n) is 9.21. The molecule has 0 spiro atoms. The zero-order chi connectivity index (χ0) is 32.5. The van der Waals surface area contributed by atoms with Crippen LogP contribution in [0.1, 0.15) is 193 Å². The van der Waals surface area contributed by atoms with Gasteiger partial charge in [-0.05, 0) is 64.2 Å². The minimum Gasteiger partial charge on any atom is -0.352 e. The van der Waals surface area contributed by atoms with Crippen LogP contribution in [0.25, 0.3) is 0 Å². The molecule has 4 heteroatoms. The predicted octanol–water partition coefficient (Wildman–Crippen LogP) is 11.7. The van der Waals surface area contributed by atoms with Crippen LogP contribution >= 0.6 is 0 Å². The van der Waals surface area contributed by atoms with Crippen LogP contribution in [0.15, 0.2) is 36.7 Å². The first kappa shape index (κ1) is 41.2. The van der Waals surface area contributed by atoms with Crippen LogP contribution in [-0.4, -0.2) is 17.0 Å². The predicted molar refractivity (Wildman–Crippen MR) is 197 cm³/mol. The molecule has 45 heavy (non-hydrogen) atoms. The monoisotopic (exact) mass is 627 g/mol. The van der Waals surface area contributed by atoms with Crippen LogP contribution in [0, 0.1) is 0 Å². The van der Waals surface area contributed by atoms with Crippen molar-refractivity contribution in [1.29, 1.82) is 0 Å². The van der Waals surface area contributed by atoms with Crippen LogP contribution in [0.5, 0.6) is 0 Å². The summed E-state index contributed by atoms with van der Waals surface area (Å²) in [4.78, 5) is 12.3. The fraction of sp³-hybridized carbons (Fsp3) is 0.805. The number of amides is 1. The van der Waals surface area contributed by atoms with Gasteiger partial charge in [0.15, 0.2) is 0 Å². The molecule has 0 aliphatic heterocycles. The third kappa shape index (κ3) is 26.0. The maximum absolute atomic E-state index is 12.3. The van der Waals surface area contributed by atoms with Crippen LogP contribution in [-0.2, 0) is 24.8 Å². The molecule has 1 heterocycles. The number of allylic oxidation sites excluding steroid dienone is 4. The topological polar surface area (TPSA) is 37.9 Å². The molecule has 1 aromatic rings. The molecule has 1 amide bonds. The first-order valence-electron chi connectivity index (χ1n) is 19.8. The highest BCUT2D eigenvalue weighted by molar-refractivity contribution is 5.75. The number of nitrogens with one attached hydrogen (secondary N) is 1. The van der Waals surface area contributed by atoms with Crippen molar-refractivity contribution in [3.8, 4) is 0 Å². The fourth-order valence-corrected chi connectivity index (χ4v) is 6.19. The fourth-order valence-electron chi connectivity index (χ4n) is 6.19. The molecule has 0 fully saturated rings. The average Bonchev–Trinajstić information content (AvgIpc) is 3.39. The van der Waals surface area contributed by atoms with Gasteiger partial charge in [0.1, 0.15) is 18.9 Å². The summed E-state index contributed by atoms with van der Waals surface area (Å²) in [5.74, 6) is 1.58. The molecular weight excluding hydrogens is 550 g/mol. The Balaban J connectivity index is 1.98. The van der Waals surface area contributed by atoms with Crippen LogP contribution < -0.4 is 9.88 Å². The van der Waals surface area contributed by atoms with Gasteiger partial charge in [-0.2, -0.15) is 0 Å². The van der Waals surface area contributed by atoms with E-state index in [0.29, 0.717) is 6.42 Å². The van der Waals surface area contributed by atoms with Crippen molar-refractivity contribution in [3.05, 3.63) is 42.5 Å². The minimum absolute atomic E-state index is 0.210. The van der Waals surface area contributed by atoms with Crippen molar-refractivity contribution < 1.29 is 9.36 Å². The average molecular weight is 627 g/mol. The van der Waals surface area contributed by atoms with Crippen molar-refractivity contribution in [2.45, 2.75) is 200 Å². The van der Waals surface area contributed by atoms with E-state index in [-0.39, 0.29) is 5.91 Å². The summed E-state index contributed by atoms with van der Waals surface area (Å²) < 4.78 is 4.58. The highest BCUT2D eigenvalue weighted by atomic mass is 16.1. The number of carbonyl (C=O) groups is 1. The standard InChI is InChI=1S/C41H75N3O/c1-4-6-8-10-12-14-16-18-20-22-24-26-28-30-32-34-40(45)42-36-37-44-39-38-43(3)41(44)35-33-31-29-27-25-23-21-19-17-15-13-11-9-7-5-2/h18,20-21,23,38-39H,4-17,19,22,24-37H2,1-3H3/p+1/b20-18+,23-21+. The van der Waals surface area contributed by atoms with Gasteiger partial charge in [0.25, 0.3) is 5.82 Å². The van der Waals surface area contributed by atoms with Gasteiger partial charge in [0.05, 0.1) is 13.6 Å². The number of hydrogen-bond donors (Lipinski definition) is 1. The van der Waals surface area contributed by atoms with Gasteiger partial charge in [-0.3, -0.25) is 4.79 Å². The molecule has 0 radical (unpaired) electrons. The number of unbranched alkanes of at least 4 members (excludes halogenated alkanes) is 22. The summed E-state index contributed by atoms with van der Waals surface area (Å²) in [5.41, 5.74) is 0. The van der Waals surface area contributed by atoms with E-state index < -0.39 is 0 Å². The van der Waals surface area contributed by atoms with Gasteiger partial charge < -0.3 is 5.32 Å². The van der Waals surface area contributed by atoms with Gasteiger partial charge in [-0.25, -0.2) is 9.13 Å². The number of nitrogens with zero attached hydrogens (tertiary/aromatic N) is 2. The number of hydrogen-bond acceptors (Lipinski definition) is 1. The van der Waals surface area contributed by atoms with Gasteiger partial charge >= 0.3 is 0 Å². The summed E-state index contributed by atoms with van der Waals surface area (Å²) in [6.07, 6.45) is 49.9. The number of aromatic nitrogens is 2. The van der Waals surface area contributed by atoms with Crippen molar-refractivity contribution >= 4 is 5.91 Å². The van der Waals surface area contributed by atoms with E-state index in [1.165, 1.54) is 166 Å². The van der Waals surface area contributed by atoms with E-state index in [2.05, 4.69) is 72.0 Å². The second-order valence-corrected chi connectivity index (χ2v) is 13.5. The summed E-state index contributed by atoms with van der Waals surface area (Å²) in [7, 11) is 2.15. The summed E-state index contributed by atoms with van der Waals surface area (Å²) in [6.45, 7) is 6.14. The van der Waals surface area contributed by atoms with E-state index >= 15 is 0 Å². The number of imidazole rings is 1. The summed E-state index contributed by atoms with van der Waals surface area (Å²) >= 11 is 0. The number of rotatable bonds is 33. The lowest BCUT2D eigenvalue weighted by Gasteiger charge is -2.06. The van der Waals surface area contributed by atoms with Crippen molar-refractivity contribution in [3.63, 3.8) is 0 Å². The number of aryl methyl sites for hydroxylation is 1. The minimum atomic E-state index is 0.210. The van der Waals surface area contributed by atoms with Gasteiger partial charge in [0.2, 0.25) is 5.91 Å². The normalized spacial score (nSPS) is 11.8. The zero-order valence-electron chi connectivity index (χ0n) is 30.5.